The summed E-state index contributed by atoms with van der Waals surface area (Å²) < 4.78 is 6.71. The van der Waals surface area contributed by atoms with E-state index in [1.165, 1.54) is 0 Å². The van der Waals surface area contributed by atoms with Gasteiger partial charge in [-0.2, -0.15) is 0 Å². The molecule has 1 fully saturated rings. The Bertz CT molecular complexity index is 1240. The van der Waals surface area contributed by atoms with Gasteiger partial charge in [0.05, 0.1) is 11.1 Å². The van der Waals surface area contributed by atoms with Crippen LogP contribution in [0.3, 0.4) is 0 Å². The van der Waals surface area contributed by atoms with Crippen LogP contribution in [0.2, 0.25) is 0 Å². The molecule has 5 rings (SSSR count). The van der Waals surface area contributed by atoms with E-state index in [1.807, 2.05) is 60.7 Å². The van der Waals surface area contributed by atoms with E-state index in [0.717, 1.165) is 40.0 Å². The van der Waals surface area contributed by atoms with E-state index in [2.05, 4.69) is 35.8 Å². The molecule has 0 spiro atoms. The van der Waals surface area contributed by atoms with Crippen molar-refractivity contribution in [3.63, 3.8) is 0 Å². The van der Waals surface area contributed by atoms with Crippen LogP contribution in [0.5, 0.6) is 5.75 Å². The number of aliphatic hydroxyl groups is 2. The zero-order valence-electron chi connectivity index (χ0n) is 18.7. The first-order chi connectivity index (χ1) is 16.5. The zero-order valence-corrected chi connectivity index (χ0v) is 20.3. The van der Waals surface area contributed by atoms with Crippen LogP contribution in [0.15, 0.2) is 71.3 Å². The maximum Gasteiger partial charge on any atom is 0.178 e. The van der Waals surface area contributed by atoms with Gasteiger partial charge in [-0.25, -0.2) is 9.97 Å². The summed E-state index contributed by atoms with van der Waals surface area (Å²) in [4.78, 5) is 14.3. The number of aliphatic hydroxyl groups excluding tert-OH is 1. The quantitative estimate of drug-likeness (QED) is 0.338. The van der Waals surface area contributed by atoms with Crippen molar-refractivity contribution >= 4 is 27.1 Å². The number of imidazole rings is 1. The number of piperidine rings is 1. The highest BCUT2D eigenvalue weighted by atomic mass is 79.9. The Balaban J connectivity index is 1.11. The van der Waals surface area contributed by atoms with Crippen molar-refractivity contribution < 1.29 is 14.9 Å². The lowest BCUT2D eigenvalue weighted by Gasteiger charge is -2.39. The number of aromatic nitrogens is 3. The molecule has 4 aromatic rings. The van der Waals surface area contributed by atoms with Crippen molar-refractivity contribution in [3.05, 3.63) is 76.9 Å². The summed E-state index contributed by atoms with van der Waals surface area (Å²) in [6.45, 7) is 2.20. The van der Waals surface area contributed by atoms with E-state index in [1.54, 1.807) is 6.20 Å². The predicted molar refractivity (Wildman–Crippen MR) is 135 cm³/mol. The van der Waals surface area contributed by atoms with E-state index in [0.29, 0.717) is 30.8 Å². The summed E-state index contributed by atoms with van der Waals surface area (Å²) in [7, 11) is 0. The standard InChI is InChI=1S/C26H27BrN4O3/c27-20-14-23-25(28-15-20)30-24(29-23)18-6-8-22(9-7-18)34-17-21(32)16-31-12-10-26(33,11-13-31)19-4-2-1-3-5-19/h1-9,14-15,21,32-33H,10-13,16-17H2,(H,28,29,30). The van der Waals surface area contributed by atoms with Gasteiger partial charge < -0.3 is 24.8 Å². The lowest BCUT2D eigenvalue weighted by Crippen LogP contribution is -2.46. The molecule has 3 heterocycles. The van der Waals surface area contributed by atoms with Crippen LogP contribution in [0.25, 0.3) is 22.6 Å². The van der Waals surface area contributed by atoms with Crippen molar-refractivity contribution in [2.75, 3.05) is 26.2 Å². The first kappa shape index (κ1) is 23.0. The largest absolute Gasteiger partial charge is 0.491 e. The number of aromatic amines is 1. The summed E-state index contributed by atoms with van der Waals surface area (Å²) >= 11 is 3.42. The first-order valence-corrected chi connectivity index (χ1v) is 12.2. The SMILES string of the molecule is OC(COc1ccc(-c2nc3ncc(Br)cc3[nH]2)cc1)CN1CCC(O)(c2ccccc2)CC1. The Hall–Kier alpha value is -2.78. The number of halogens is 1. The fraction of sp³-hybridized carbons (Fsp3) is 0.308. The fourth-order valence-electron chi connectivity index (χ4n) is 4.41. The van der Waals surface area contributed by atoms with Crippen molar-refractivity contribution in [1.82, 2.24) is 19.9 Å². The van der Waals surface area contributed by atoms with Crippen molar-refractivity contribution in [3.8, 4) is 17.1 Å². The molecule has 7 nitrogen and oxygen atoms in total. The predicted octanol–water partition coefficient (Wildman–Crippen LogP) is 4.11. The van der Waals surface area contributed by atoms with Crippen molar-refractivity contribution in [2.24, 2.45) is 0 Å². The number of likely N-dealkylation sites (tertiary alicyclic amines) is 1. The lowest BCUT2D eigenvalue weighted by molar-refractivity contribution is -0.0372. The van der Waals surface area contributed by atoms with Gasteiger partial charge in [0.15, 0.2) is 5.65 Å². The second-order valence-electron chi connectivity index (χ2n) is 8.80. The highest BCUT2D eigenvalue weighted by Crippen LogP contribution is 2.32. The number of pyridine rings is 1. The number of β-amino-alcohol motifs (C(OH)–C–C–N with tert-alkyl or cyclic N) is 1. The van der Waals surface area contributed by atoms with Crippen LogP contribution in [0.1, 0.15) is 18.4 Å². The minimum atomic E-state index is -0.784. The summed E-state index contributed by atoms with van der Waals surface area (Å²) in [5, 5.41) is 21.5. The molecule has 8 heteroatoms. The second-order valence-corrected chi connectivity index (χ2v) is 9.71. The third-order valence-corrected chi connectivity index (χ3v) is 6.77. The van der Waals surface area contributed by atoms with Gasteiger partial charge in [0, 0.05) is 35.9 Å². The molecule has 1 aliphatic heterocycles. The highest BCUT2D eigenvalue weighted by molar-refractivity contribution is 9.10. The third kappa shape index (κ3) is 5.15. The van der Waals surface area contributed by atoms with Gasteiger partial charge in [0.1, 0.15) is 24.3 Å². The summed E-state index contributed by atoms with van der Waals surface area (Å²) in [6, 6.07) is 19.4. The number of H-pyrrole nitrogens is 1. The maximum absolute atomic E-state index is 11.0. The van der Waals surface area contributed by atoms with Gasteiger partial charge in [-0.3, -0.25) is 0 Å². The molecule has 0 saturated carbocycles. The number of benzene rings is 2. The van der Waals surface area contributed by atoms with E-state index < -0.39 is 11.7 Å². The van der Waals surface area contributed by atoms with Crippen LogP contribution in [0.4, 0.5) is 0 Å². The van der Waals surface area contributed by atoms with Crippen LogP contribution in [-0.4, -0.2) is 62.4 Å². The Labute approximate surface area is 206 Å². The molecular formula is C26H27BrN4O3. The monoisotopic (exact) mass is 522 g/mol. The molecule has 2 aromatic carbocycles. The molecule has 176 valence electrons. The first-order valence-electron chi connectivity index (χ1n) is 11.4. The molecule has 0 radical (unpaired) electrons. The molecule has 0 aliphatic carbocycles. The number of hydrogen-bond donors (Lipinski definition) is 3. The van der Waals surface area contributed by atoms with Gasteiger partial charge in [-0.1, -0.05) is 30.3 Å². The van der Waals surface area contributed by atoms with Gasteiger partial charge in [0.2, 0.25) is 0 Å². The topological polar surface area (TPSA) is 94.5 Å². The number of ether oxygens (including phenoxy) is 1. The lowest BCUT2D eigenvalue weighted by atomic mass is 9.84. The normalized spacial score (nSPS) is 17.0. The average Bonchev–Trinajstić information content (AvgIpc) is 3.28. The Morgan fingerprint density at radius 1 is 1.09 bits per heavy atom. The minimum Gasteiger partial charge on any atom is -0.491 e. The molecule has 0 amide bonds. The van der Waals surface area contributed by atoms with E-state index in [4.69, 9.17) is 4.74 Å². The molecule has 3 N–H and O–H groups in total. The Morgan fingerprint density at radius 3 is 2.56 bits per heavy atom. The molecule has 0 bridgehead atoms. The Morgan fingerprint density at radius 2 is 1.82 bits per heavy atom. The number of rotatable bonds is 7. The van der Waals surface area contributed by atoms with Gasteiger partial charge in [-0.15, -0.1) is 0 Å². The average molecular weight is 523 g/mol. The minimum absolute atomic E-state index is 0.210. The number of hydrogen-bond acceptors (Lipinski definition) is 6. The molecule has 1 aliphatic rings. The van der Waals surface area contributed by atoms with E-state index in [-0.39, 0.29) is 6.61 Å². The summed E-state index contributed by atoms with van der Waals surface area (Å²) in [6.07, 6.45) is 2.42. The Kier molecular flexibility index (Phi) is 6.65. The van der Waals surface area contributed by atoms with Gasteiger partial charge in [-0.05, 0) is 64.7 Å². The van der Waals surface area contributed by atoms with Crippen LogP contribution in [0, 0.1) is 0 Å². The van der Waals surface area contributed by atoms with Crippen molar-refractivity contribution in [2.45, 2.75) is 24.5 Å². The summed E-state index contributed by atoms with van der Waals surface area (Å²) in [5.41, 5.74) is 2.65. The number of nitrogens with zero attached hydrogens (tertiary/aromatic N) is 3. The van der Waals surface area contributed by atoms with Crippen molar-refractivity contribution in [1.29, 1.82) is 0 Å². The van der Waals surface area contributed by atoms with Crippen LogP contribution >= 0.6 is 15.9 Å². The number of fused-ring (bicyclic) bond motifs is 1. The van der Waals surface area contributed by atoms with Crippen LogP contribution < -0.4 is 4.74 Å². The number of nitrogens with one attached hydrogen (secondary N) is 1. The summed E-state index contributed by atoms with van der Waals surface area (Å²) in [5.74, 6) is 1.43. The molecule has 2 aromatic heterocycles. The third-order valence-electron chi connectivity index (χ3n) is 6.34. The molecule has 34 heavy (non-hydrogen) atoms. The zero-order chi connectivity index (χ0) is 23.5. The maximum atomic E-state index is 11.0. The second kappa shape index (κ2) is 9.84. The molecule has 1 atom stereocenters. The van der Waals surface area contributed by atoms with Gasteiger partial charge >= 0.3 is 0 Å². The molecular weight excluding hydrogens is 496 g/mol. The molecule has 1 saturated heterocycles. The van der Waals surface area contributed by atoms with Crippen LogP contribution in [-0.2, 0) is 5.60 Å². The fourth-order valence-corrected chi connectivity index (χ4v) is 4.74. The van der Waals surface area contributed by atoms with E-state index in [9.17, 15) is 10.2 Å². The van der Waals surface area contributed by atoms with Gasteiger partial charge in [0.25, 0.3) is 0 Å². The highest BCUT2D eigenvalue weighted by Gasteiger charge is 2.34. The van der Waals surface area contributed by atoms with E-state index >= 15 is 0 Å². The molecule has 1 unspecified atom stereocenters. The smallest absolute Gasteiger partial charge is 0.178 e.